The predicted molar refractivity (Wildman–Crippen MR) is 123 cm³/mol. The molecule has 0 radical (unpaired) electrons. The van der Waals surface area contributed by atoms with Crippen molar-refractivity contribution in [2.24, 2.45) is 0 Å². The van der Waals surface area contributed by atoms with E-state index in [0.717, 1.165) is 30.9 Å². The van der Waals surface area contributed by atoms with Crippen LogP contribution in [0.1, 0.15) is 13.3 Å². The molecule has 1 heterocycles. The Morgan fingerprint density at radius 3 is 2.23 bits per heavy atom. The zero-order valence-electron chi connectivity index (χ0n) is 18.6. The van der Waals surface area contributed by atoms with Gasteiger partial charge in [0.1, 0.15) is 11.5 Å². The summed E-state index contributed by atoms with van der Waals surface area (Å²) in [7, 11) is 4.51. The van der Waals surface area contributed by atoms with E-state index in [1.165, 1.54) is 0 Å². The standard InChI is InChI=1S/C23H31N3O4S/c1-5-29-20-10-12-22(13-11-20)31(28)25(4)18-6-8-21(9-7-18)30-17-23(27)26-15-14-19(16-26)24(2)3/h6-13,19H,5,14-17H2,1-4H3. The molecule has 2 aromatic carbocycles. The first-order valence-electron chi connectivity index (χ1n) is 10.4. The first kappa shape index (κ1) is 23.1. The van der Waals surface area contributed by atoms with Gasteiger partial charge in [0.05, 0.1) is 11.5 Å². The maximum Gasteiger partial charge on any atom is 0.260 e. The molecule has 2 atom stereocenters. The van der Waals surface area contributed by atoms with Gasteiger partial charge in [-0.25, -0.2) is 4.21 Å². The van der Waals surface area contributed by atoms with Crippen LogP contribution in [-0.2, 0) is 15.8 Å². The number of likely N-dealkylation sites (tertiary alicyclic amines) is 1. The van der Waals surface area contributed by atoms with Gasteiger partial charge < -0.3 is 19.3 Å². The van der Waals surface area contributed by atoms with Crippen molar-refractivity contribution in [3.8, 4) is 11.5 Å². The predicted octanol–water partition coefficient (Wildman–Crippen LogP) is 2.79. The molecule has 7 nitrogen and oxygen atoms in total. The fraction of sp³-hybridized carbons (Fsp3) is 0.435. The van der Waals surface area contributed by atoms with Crippen molar-refractivity contribution >= 4 is 22.6 Å². The Kier molecular flexibility index (Phi) is 7.92. The largest absolute Gasteiger partial charge is 0.494 e. The van der Waals surface area contributed by atoms with Crippen molar-refractivity contribution in [1.29, 1.82) is 0 Å². The maximum absolute atomic E-state index is 12.8. The fourth-order valence-electron chi connectivity index (χ4n) is 3.45. The van der Waals surface area contributed by atoms with Gasteiger partial charge in [-0.05, 0) is 76.0 Å². The number of ether oxygens (including phenoxy) is 2. The van der Waals surface area contributed by atoms with E-state index in [2.05, 4.69) is 4.90 Å². The average molecular weight is 446 g/mol. The molecular weight excluding hydrogens is 414 g/mol. The minimum atomic E-state index is -1.35. The van der Waals surface area contributed by atoms with E-state index in [9.17, 15) is 9.00 Å². The maximum atomic E-state index is 12.8. The molecule has 0 saturated carbocycles. The van der Waals surface area contributed by atoms with Gasteiger partial charge in [-0.15, -0.1) is 0 Å². The van der Waals surface area contributed by atoms with Crippen molar-refractivity contribution in [2.75, 3.05) is 51.8 Å². The summed E-state index contributed by atoms with van der Waals surface area (Å²) < 4.78 is 25.6. The molecule has 1 amide bonds. The number of nitrogens with zero attached hydrogens (tertiary/aromatic N) is 3. The van der Waals surface area contributed by atoms with Crippen molar-refractivity contribution in [2.45, 2.75) is 24.3 Å². The Hall–Kier alpha value is -2.58. The molecule has 1 aliphatic rings. The van der Waals surface area contributed by atoms with E-state index < -0.39 is 11.0 Å². The normalized spacial score (nSPS) is 16.9. The summed E-state index contributed by atoms with van der Waals surface area (Å²) in [5, 5.41) is 0. The van der Waals surface area contributed by atoms with Crippen LogP contribution in [0.15, 0.2) is 53.4 Å². The van der Waals surface area contributed by atoms with E-state index in [-0.39, 0.29) is 12.5 Å². The molecule has 1 saturated heterocycles. The van der Waals surface area contributed by atoms with Gasteiger partial charge in [-0.2, -0.15) is 0 Å². The molecule has 1 aliphatic heterocycles. The number of anilines is 1. The first-order chi connectivity index (χ1) is 14.9. The van der Waals surface area contributed by atoms with Crippen LogP contribution in [0.5, 0.6) is 11.5 Å². The third kappa shape index (κ3) is 5.98. The highest BCUT2D eigenvalue weighted by Gasteiger charge is 2.27. The number of benzene rings is 2. The third-order valence-corrected chi connectivity index (χ3v) is 6.78. The number of carbonyl (C=O) groups excluding carboxylic acids is 1. The second-order valence-electron chi connectivity index (χ2n) is 7.68. The summed E-state index contributed by atoms with van der Waals surface area (Å²) in [4.78, 5) is 17.1. The Balaban J connectivity index is 1.53. The molecule has 0 aromatic heterocycles. The fourth-order valence-corrected chi connectivity index (χ4v) is 4.45. The summed E-state index contributed by atoms with van der Waals surface area (Å²) in [6.07, 6.45) is 0.991. The second-order valence-corrected chi connectivity index (χ2v) is 9.20. The van der Waals surface area contributed by atoms with Gasteiger partial charge in [0, 0.05) is 31.9 Å². The van der Waals surface area contributed by atoms with Gasteiger partial charge in [0.15, 0.2) is 17.6 Å². The van der Waals surface area contributed by atoms with Crippen molar-refractivity contribution < 1.29 is 18.5 Å². The average Bonchev–Trinajstić information content (AvgIpc) is 3.28. The molecule has 0 aliphatic carbocycles. The lowest BCUT2D eigenvalue weighted by atomic mass is 10.2. The van der Waals surface area contributed by atoms with Crippen LogP contribution < -0.4 is 13.8 Å². The Labute approximate surface area is 187 Å². The van der Waals surface area contributed by atoms with E-state index in [0.29, 0.717) is 23.3 Å². The first-order valence-corrected chi connectivity index (χ1v) is 11.5. The number of carbonyl (C=O) groups is 1. The summed E-state index contributed by atoms with van der Waals surface area (Å²) >= 11 is 0. The lowest BCUT2D eigenvalue weighted by Gasteiger charge is -2.21. The Morgan fingerprint density at radius 2 is 1.65 bits per heavy atom. The molecule has 2 aromatic rings. The highest BCUT2D eigenvalue weighted by atomic mass is 32.2. The van der Waals surface area contributed by atoms with Crippen LogP contribution in [0.25, 0.3) is 0 Å². The van der Waals surface area contributed by atoms with Gasteiger partial charge >= 0.3 is 0 Å². The molecular formula is C23H31N3O4S. The number of hydrogen-bond donors (Lipinski definition) is 0. The molecule has 0 N–H and O–H groups in total. The molecule has 1 fully saturated rings. The van der Waals surface area contributed by atoms with E-state index >= 15 is 0 Å². The number of rotatable bonds is 9. The molecule has 3 rings (SSSR count). The van der Waals surface area contributed by atoms with Crippen LogP contribution in [0.3, 0.4) is 0 Å². The smallest absolute Gasteiger partial charge is 0.260 e. The van der Waals surface area contributed by atoms with Crippen molar-refractivity contribution in [1.82, 2.24) is 9.80 Å². The number of hydrogen-bond acceptors (Lipinski definition) is 5. The second kappa shape index (κ2) is 10.6. The van der Waals surface area contributed by atoms with Crippen molar-refractivity contribution in [3.63, 3.8) is 0 Å². The zero-order valence-corrected chi connectivity index (χ0v) is 19.4. The molecule has 0 spiro atoms. The SMILES string of the molecule is CCOc1ccc(S(=O)N(C)c2ccc(OCC(=O)N3CCC(N(C)C)C3)cc2)cc1. The van der Waals surface area contributed by atoms with Gasteiger partial charge in [-0.3, -0.25) is 9.10 Å². The molecule has 2 unspecified atom stereocenters. The van der Waals surface area contributed by atoms with Crippen LogP contribution in [0, 0.1) is 0 Å². The van der Waals surface area contributed by atoms with Crippen LogP contribution >= 0.6 is 0 Å². The lowest BCUT2D eigenvalue weighted by Crippen LogP contribution is -2.36. The highest BCUT2D eigenvalue weighted by Crippen LogP contribution is 2.23. The number of likely N-dealkylation sites (N-methyl/N-ethyl adjacent to an activating group) is 1. The molecule has 31 heavy (non-hydrogen) atoms. The number of amides is 1. The van der Waals surface area contributed by atoms with Crippen LogP contribution in [0.4, 0.5) is 5.69 Å². The van der Waals surface area contributed by atoms with Gasteiger partial charge in [0.25, 0.3) is 5.91 Å². The van der Waals surface area contributed by atoms with E-state index in [4.69, 9.17) is 9.47 Å². The zero-order chi connectivity index (χ0) is 22.4. The Morgan fingerprint density at radius 1 is 1.03 bits per heavy atom. The van der Waals surface area contributed by atoms with Gasteiger partial charge in [-0.1, -0.05) is 0 Å². The highest BCUT2D eigenvalue weighted by molar-refractivity contribution is 7.86. The van der Waals surface area contributed by atoms with Crippen molar-refractivity contribution in [3.05, 3.63) is 48.5 Å². The lowest BCUT2D eigenvalue weighted by molar-refractivity contribution is -0.132. The minimum Gasteiger partial charge on any atom is -0.494 e. The summed E-state index contributed by atoms with van der Waals surface area (Å²) in [5.41, 5.74) is 0.791. The summed E-state index contributed by atoms with van der Waals surface area (Å²) in [6, 6.07) is 14.9. The van der Waals surface area contributed by atoms with Crippen LogP contribution in [0.2, 0.25) is 0 Å². The summed E-state index contributed by atoms with van der Waals surface area (Å²) in [6.45, 7) is 4.06. The Bertz CT molecular complexity index is 887. The minimum absolute atomic E-state index is 0.00199. The summed E-state index contributed by atoms with van der Waals surface area (Å²) in [5.74, 6) is 1.37. The monoisotopic (exact) mass is 445 g/mol. The topological polar surface area (TPSA) is 62.3 Å². The molecule has 0 bridgehead atoms. The molecule has 8 heteroatoms. The molecule has 168 valence electrons. The van der Waals surface area contributed by atoms with E-state index in [1.807, 2.05) is 50.2 Å². The van der Waals surface area contributed by atoms with Crippen LogP contribution in [-0.4, -0.2) is 73.4 Å². The third-order valence-electron chi connectivity index (χ3n) is 5.39. The quantitative estimate of drug-likeness (QED) is 0.594. The van der Waals surface area contributed by atoms with Gasteiger partial charge in [0.2, 0.25) is 0 Å². The van der Waals surface area contributed by atoms with E-state index in [1.54, 1.807) is 35.6 Å².